The highest BCUT2D eigenvalue weighted by molar-refractivity contribution is 5.77. The Bertz CT molecular complexity index is 153. The smallest absolute Gasteiger partial charge is 0.248 e. The van der Waals surface area contributed by atoms with Gasteiger partial charge in [-0.05, 0) is 19.4 Å². The average Bonchev–Trinajstić information content (AvgIpc) is 2.20. The highest BCUT2D eigenvalue weighted by atomic mass is 16.5. The van der Waals surface area contributed by atoms with Gasteiger partial charge in [0.05, 0.1) is 0 Å². The van der Waals surface area contributed by atoms with Crippen LogP contribution in [-0.2, 0) is 9.53 Å². The number of rotatable bonds is 8. The SMILES string of the molecule is CN(CCCN)C(=O)COCCCO. The second-order valence-corrected chi connectivity index (χ2v) is 3.09. The number of hydrogen-bond donors (Lipinski definition) is 2. The van der Waals surface area contributed by atoms with Crippen molar-refractivity contribution in [3.05, 3.63) is 0 Å². The normalized spacial score (nSPS) is 10.2. The maximum Gasteiger partial charge on any atom is 0.248 e. The maximum atomic E-state index is 11.3. The van der Waals surface area contributed by atoms with Crippen molar-refractivity contribution in [1.29, 1.82) is 0 Å². The van der Waals surface area contributed by atoms with E-state index in [1.807, 2.05) is 0 Å². The molecular formula is C9H20N2O3. The largest absolute Gasteiger partial charge is 0.396 e. The zero-order valence-corrected chi connectivity index (χ0v) is 8.74. The summed E-state index contributed by atoms with van der Waals surface area (Å²) in [6.45, 7) is 1.85. The van der Waals surface area contributed by atoms with Gasteiger partial charge < -0.3 is 20.5 Å². The maximum absolute atomic E-state index is 11.3. The molecule has 0 rings (SSSR count). The molecule has 84 valence electrons. The van der Waals surface area contributed by atoms with Crippen molar-refractivity contribution >= 4 is 5.91 Å². The average molecular weight is 204 g/mol. The first kappa shape index (κ1) is 13.4. The molecule has 0 aromatic carbocycles. The molecule has 0 spiro atoms. The molecule has 0 radical (unpaired) electrons. The molecule has 5 heteroatoms. The minimum absolute atomic E-state index is 0.0450. The first-order valence-corrected chi connectivity index (χ1v) is 4.85. The van der Waals surface area contributed by atoms with Gasteiger partial charge in [0.25, 0.3) is 0 Å². The van der Waals surface area contributed by atoms with Crippen LogP contribution in [0.1, 0.15) is 12.8 Å². The highest BCUT2D eigenvalue weighted by Crippen LogP contribution is 1.90. The van der Waals surface area contributed by atoms with Crippen LogP contribution in [0, 0.1) is 0 Å². The van der Waals surface area contributed by atoms with Gasteiger partial charge >= 0.3 is 0 Å². The Morgan fingerprint density at radius 2 is 2.21 bits per heavy atom. The second kappa shape index (κ2) is 8.93. The van der Waals surface area contributed by atoms with Gasteiger partial charge in [-0.25, -0.2) is 0 Å². The summed E-state index contributed by atoms with van der Waals surface area (Å²) >= 11 is 0. The molecule has 0 fully saturated rings. The van der Waals surface area contributed by atoms with Crippen molar-refractivity contribution in [2.24, 2.45) is 5.73 Å². The van der Waals surface area contributed by atoms with Crippen LogP contribution in [0.25, 0.3) is 0 Å². The van der Waals surface area contributed by atoms with Crippen LogP contribution in [-0.4, -0.2) is 55.9 Å². The van der Waals surface area contributed by atoms with E-state index >= 15 is 0 Å². The molecule has 0 bridgehead atoms. The molecule has 0 saturated heterocycles. The molecule has 1 amide bonds. The van der Waals surface area contributed by atoms with Gasteiger partial charge in [-0.15, -0.1) is 0 Å². The number of aliphatic hydroxyl groups is 1. The van der Waals surface area contributed by atoms with E-state index in [4.69, 9.17) is 15.6 Å². The number of ether oxygens (including phenoxy) is 1. The fourth-order valence-corrected chi connectivity index (χ4v) is 0.889. The quantitative estimate of drug-likeness (QED) is 0.507. The number of nitrogens with two attached hydrogens (primary N) is 1. The number of amides is 1. The molecule has 0 heterocycles. The van der Waals surface area contributed by atoms with Crippen molar-refractivity contribution in [1.82, 2.24) is 4.90 Å². The summed E-state index contributed by atoms with van der Waals surface area (Å²) in [5.74, 6) is -0.0450. The first-order valence-electron chi connectivity index (χ1n) is 4.85. The van der Waals surface area contributed by atoms with Gasteiger partial charge in [0.15, 0.2) is 0 Å². The Hall–Kier alpha value is -0.650. The summed E-state index contributed by atoms with van der Waals surface area (Å²) in [4.78, 5) is 12.9. The van der Waals surface area contributed by atoms with Crippen molar-refractivity contribution < 1.29 is 14.6 Å². The highest BCUT2D eigenvalue weighted by Gasteiger charge is 2.07. The zero-order chi connectivity index (χ0) is 10.8. The van der Waals surface area contributed by atoms with Crippen LogP contribution in [0.3, 0.4) is 0 Å². The van der Waals surface area contributed by atoms with Gasteiger partial charge in [-0.2, -0.15) is 0 Å². The Kier molecular flexibility index (Phi) is 8.51. The number of carbonyl (C=O) groups excluding carboxylic acids is 1. The third-order valence-electron chi connectivity index (χ3n) is 1.80. The molecule has 0 aromatic rings. The Labute approximate surface area is 84.8 Å². The summed E-state index contributed by atoms with van der Waals surface area (Å²) in [6, 6.07) is 0. The number of nitrogens with zero attached hydrogens (tertiary/aromatic N) is 1. The second-order valence-electron chi connectivity index (χ2n) is 3.09. The van der Waals surface area contributed by atoms with Crippen molar-refractivity contribution in [3.63, 3.8) is 0 Å². The number of carbonyl (C=O) groups is 1. The van der Waals surface area contributed by atoms with Gasteiger partial charge in [0.1, 0.15) is 6.61 Å². The molecular weight excluding hydrogens is 184 g/mol. The zero-order valence-electron chi connectivity index (χ0n) is 8.74. The van der Waals surface area contributed by atoms with Crippen molar-refractivity contribution in [2.45, 2.75) is 12.8 Å². The van der Waals surface area contributed by atoms with Crippen LogP contribution < -0.4 is 5.73 Å². The predicted molar refractivity (Wildman–Crippen MR) is 53.8 cm³/mol. The summed E-state index contributed by atoms with van der Waals surface area (Å²) in [5.41, 5.74) is 5.32. The van der Waals surface area contributed by atoms with Gasteiger partial charge in [0.2, 0.25) is 5.91 Å². The van der Waals surface area contributed by atoms with Crippen LogP contribution in [0.15, 0.2) is 0 Å². The minimum Gasteiger partial charge on any atom is -0.396 e. The molecule has 5 nitrogen and oxygen atoms in total. The Morgan fingerprint density at radius 1 is 1.50 bits per heavy atom. The fraction of sp³-hybridized carbons (Fsp3) is 0.889. The summed E-state index contributed by atoms with van der Waals surface area (Å²) in [6.07, 6.45) is 1.37. The topological polar surface area (TPSA) is 75.8 Å². The van der Waals surface area contributed by atoms with E-state index in [0.29, 0.717) is 26.1 Å². The molecule has 0 unspecified atom stereocenters. The van der Waals surface area contributed by atoms with E-state index in [1.54, 1.807) is 11.9 Å². The lowest BCUT2D eigenvalue weighted by atomic mass is 10.4. The third-order valence-corrected chi connectivity index (χ3v) is 1.80. The lowest BCUT2D eigenvalue weighted by Gasteiger charge is -2.16. The van der Waals surface area contributed by atoms with Crippen LogP contribution in [0.4, 0.5) is 0 Å². The van der Waals surface area contributed by atoms with E-state index in [0.717, 1.165) is 6.42 Å². The number of aliphatic hydroxyl groups excluding tert-OH is 1. The van der Waals surface area contributed by atoms with Crippen LogP contribution >= 0.6 is 0 Å². The van der Waals surface area contributed by atoms with E-state index in [1.165, 1.54) is 0 Å². The van der Waals surface area contributed by atoms with E-state index < -0.39 is 0 Å². The van der Waals surface area contributed by atoms with Gasteiger partial charge in [-0.1, -0.05) is 0 Å². The number of hydrogen-bond acceptors (Lipinski definition) is 4. The van der Waals surface area contributed by atoms with Crippen molar-refractivity contribution in [2.75, 3.05) is 40.0 Å². The fourth-order valence-electron chi connectivity index (χ4n) is 0.889. The molecule has 0 atom stereocenters. The number of likely N-dealkylation sites (N-methyl/N-ethyl adjacent to an activating group) is 1. The van der Waals surface area contributed by atoms with Gasteiger partial charge in [-0.3, -0.25) is 4.79 Å². The van der Waals surface area contributed by atoms with Gasteiger partial charge in [0, 0.05) is 26.8 Å². The molecule has 14 heavy (non-hydrogen) atoms. The molecule has 0 aliphatic carbocycles. The summed E-state index contributed by atoms with van der Waals surface area (Å²) in [5, 5.41) is 8.47. The summed E-state index contributed by atoms with van der Waals surface area (Å²) in [7, 11) is 1.73. The van der Waals surface area contributed by atoms with Crippen molar-refractivity contribution in [3.8, 4) is 0 Å². The third kappa shape index (κ3) is 6.82. The monoisotopic (exact) mass is 204 g/mol. The van der Waals surface area contributed by atoms with E-state index in [2.05, 4.69) is 0 Å². The molecule has 0 aromatic heterocycles. The Balaban J connectivity index is 3.42. The standard InChI is InChI=1S/C9H20N2O3/c1-11(5-2-4-10)9(13)8-14-7-3-6-12/h12H,2-8,10H2,1H3. The molecule has 0 aliphatic rings. The van der Waals surface area contributed by atoms with Crippen LogP contribution in [0.5, 0.6) is 0 Å². The predicted octanol–water partition coefficient (Wildman–Crippen LogP) is -0.807. The van der Waals surface area contributed by atoms with Crippen LogP contribution in [0.2, 0.25) is 0 Å². The molecule has 0 aliphatic heterocycles. The van der Waals surface area contributed by atoms with E-state index in [9.17, 15) is 4.79 Å². The van der Waals surface area contributed by atoms with E-state index in [-0.39, 0.29) is 19.1 Å². The molecule has 3 N–H and O–H groups in total. The molecule has 0 saturated carbocycles. The lowest BCUT2D eigenvalue weighted by molar-refractivity contribution is -0.134. The Morgan fingerprint density at radius 3 is 2.79 bits per heavy atom. The lowest BCUT2D eigenvalue weighted by Crippen LogP contribution is -2.32. The summed E-state index contributed by atoms with van der Waals surface area (Å²) < 4.78 is 5.05. The minimum atomic E-state index is -0.0450. The first-order chi connectivity index (χ1) is 6.72.